The molecule has 0 bridgehead atoms. The van der Waals surface area contributed by atoms with Crippen molar-refractivity contribution in [3.05, 3.63) is 23.8 Å². The maximum absolute atomic E-state index is 13.0. The van der Waals surface area contributed by atoms with Crippen LogP contribution in [0.2, 0.25) is 0 Å². The van der Waals surface area contributed by atoms with E-state index in [1.807, 2.05) is 0 Å². The Morgan fingerprint density at radius 2 is 2.18 bits per heavy atom. The Labute approximate surface area is 125 Å². The number of nitrogens with one attached hydrogen (secondary N) is 2. The summed E-state index contributed by atoms with van der Waals surface area (Å²) in [7, 11) is 1.29. The number of hydrogen-bond acceptors (Lipinski definition) is 4. The minimum Gasteiger partial charge on any atom is -0.497 e. The van der Waals surface area contributed by atoms with Gasteiger partial charge in [0.1, 0.15) is 5.75 Å². The highest BCUT2D eigenvalue weighted by Crippen LogP contribution is 2.36. The van der Waals surface area contributed by atoms with Gasteiger partial charge in [0, 0.05) is 6.61 Å². The van der Waals surface area contributed by atoms with Gasteiger partial charge in [-0.1, -0.05) is 0 Å². The third-order valence-electron chi connectivity index (χ3n) is 3.38. The Morgan fingerprint density at radius 3 is 2.77 bits per heavy atom. The van der Waals surface area contributed by atoms with E-state index < -0.39 is 11.7 Å². The van der Waals surface area contributed by atoms with Crippen LogP contribution in [0, 0.1) is 5.92 Å². The van der Waals surface area contributed by atoms with Gasteiger partial charge in [0.25, 0.3) is 0 Å². The second kappa shape index (κ2) is 6.87. The molecule has 1 aliphatic rings. The van der Waals surface area contributed by atoms with Crippen LogP contribution in [-0.4, -0.2) is 26.2 Å². The van der Waals surface area contributed by atoms with Crippen LogP contribution in [-0.2, 0) is 15.7 Å². The molecule has 0 spiro atoms. The first-order chi connectivity index (χ1) is 10.4. The third-order valence-corrected chi connectivity index (χ3v) is 3.38. The maximum Gasteiger partial charge on any atom is 0.418 e. The number of benzene rings is 1. The number of ether oxygens (including phenoxy) is 2. The SMILES string of the molecule is COc1ccc(NNC(=O)C2CCCOC2)c(C(F)(F)F)c1. The number of halogens is 3. The van der Waals surface area contributed by atoms with Gasteiger partial charge in [-0.05, 0) is 31.0 Å². The summed E-state index contributed by atoms with van der Waals surface area (Å²) in [5, 5.41) is 0. The number of carbonyl (C=O) groups is 1. The Balaban J connectivity index is 2.07. The number of hydrogen-bond donors (Lipinski definition) is 2. The van der Waals surface area contributed by atoms with Crippen molar-refractivity contribution in [2.24, 2.45) is 5.92 Å². The molecule has 1 amide bonds. The highest BCUT2D eigenvalue weighted by molar-refractivity contribution is 5.80. The summed E-state index contributed by atoms with van der Waals surface area (Å²) < 4.78 is 49.0. The molecule has 22 heavy (non-hydrogen) atoms. The molecule has 2 N–H and O–H groups in total. The molecule has 1 fully saturated rings. The Hall–Kier alpha value is -1.96. The molecule has 0 aromatic heterocycles. The number of rotatable bonds is 4. The Bertz CT molecular complexity index is 529. The Morgan fingerprint density at radius 1 is 1.41 bits per heavy atom. The standard InChI is InChI=1S/C14H17F3N2O3/c1-21-10-4-5-12(11(7-10)14(15,16)17)18-19-13(20)9-3-2-6-22-8-9/h4-5,7,9,18H,2-3,6,8H2,1H3,(H,19,20). The third kappa shape index (κ3) is 4.03. The number of carbonyl (C=O) groups excluding carboxylic acids is 1. The molecular formula is C14H17F3N2O3. The zero-order valence-electron chi connectivity index (χ0n) is 12.0. The van der Waals surface area contributed by atoms with E-state index in [-0.39, 0.29) is 29.9 Å². The number of amides is 1. The van der Waals surface area contributed by atoms with Crippen molar-refractivity contribution < 1.29 is 27.4 Å². The lowest BCUT2D eigenvalue weighted by Gasteiger charge is -2.22. The fraction of sp³-hybridized carbons (Fsp3) is 0.500. The van der Waals surface area contributed by atoms with Crippen LogP contribution >= 0.6 is 0 Å². The molecule has 1 aromatic rings. The fourth-order valence-electron chi connectivity index (χ4n) is 2.17. The molecule has 1 heterocycles. The summed E-state index contributed by atoms with van der Waals surface area (Å²) in [5.74, 6) is -0.651. The van der Waals surface area contributed by atoms with Gasteiger partial charge in [-0.3, -0.25) is 15.6 Å². The Kier molecular flexibility index (Phi) is 5.12. The molecule has 0 saturated carbocycles. The smallest absolute Gasteiger partial charge is 0.418 e. The lowest BCUT2D eigenvalue weighted by atomic mass is 10.0. The van der Waals surface area contributed by atoms with E-state index >= 15 is 0 Å². The monoisotopic (exact) mass is 318 g/mol. The predicted octanol–water partition coefficient (Wildman–Crippen LogP) is 2.58. The highest BCUT2D eigenvalue weighted by Gasteiger charge is 2.34. The van der Waals surface area contributed by atoms with Crippen LogP contribution in [0.15, 0.2) is 18.2 Å². The molecule has 1 atom stereocenters. The summed E-state index contributed by atoms with van der Waals surface area (Å²) in [6, 6.07) is 3.46. The molecule has 2 rings (SSSR count). The van der Waals surface area contributed by atoms with Crippen molar-refractivity contribution in [1.29, 1.82) is 0 Å². The number of alkyl halides is 3. The van der Waals surface area contributed by atoms with Crippen LogP contribution in [0.25, 0.3) is 0 Å². The molecule has 1 aliphatic heterocycles. The normalized spacial score (nSPS) is 18.6. The first kappa shape index (κ1) is 16.4. The van der Waals surface area contributed by atoms with Crippen LogP contribution in [0.1, 0.15) is 18.4 Å². The van der Waals surface area contributed by atoms with Gasteiger partial charge < -0.3 is 9.47 Å². The van der Waals surface area contributed by atoms with Crippen LogP contribution in [0.3, 0.4) is 0 Å². The quantitative estimate of drug-likeness (QED) is 0.838. The molecule has 1 aromatic carbocycles. The lowest BCUT2D eigenvalue weighted by molar-refractivity contribution is -0.137. The number of anilines is 1. The summed E-state index contributed by atoms with van der Waals surface area (Å²) in [6.45, 7) is 0.885. The summed E-state index contributed by atoms with van der Waals surface area (Å²) >= 11 is 0. The maximum atomic E-state index is 13.0. The van der Waals surface area contributed by atoms with E-state index in [1.54, 1.807) is 0 Å². The minimum atomic E-state index is -4.56. The van der Waals surface area contributed by atoms with Crippen LogP contribution in [0.4, 0.5) is 18.9 Å². The van der Waals surface area contributed by atoms with E-state index in [4.69, 9.17) is 9.47 Å². The van der Waals surface area contributed by atoms with Gasteiger partial charge in [-0.2, -0.15) is 13.2 Å². The molecule has 122 valence electrons. The summed E-state index contributed by atoms with van der Waals surface area (Å²) in [4.78, 5) is 11.9. The van der Waals surface area contributed by atoms with Gasteiger partial charge in [-0.15, -0.1) is 0 Å². The highest BCUT2D eigenvalue weighted by atomic mass is 19.4. The molecular weight excluding hydrogens is 301 g/mol. The lowest BCUT2D eigenvalue weighted by Crippen LogP contribution is -2.39. The predicted molar refractivity (Wildman–Crippen MR) is 73.3 cm³/mol. The molecule has 0 radical (unpaired) electrons. The summed E-state index contributed by atoms with van der Waals surface area (Å²) in [5.41, 5.74) is 3.50. The van der Waals surface area contributed by atoms with Crippen molar-refractivity contribution in [3.8, 4) is 5.75 Å². The zero-order valence-corrected chi connectivity index (χ0v) is 12.0. The van der Waals surface area contributed by atoms with Gasteiger partial charge in [0.2, 0.25) is 5.91 Å². The molecule has 1 unspecified atom stereocenters. The second-order valence-electron chi connectivity index (χ2n) is 4.94. The minimum absolute atomic E-state index is 0.0879. The number of hydrazine groups is 1. The van der Waals surface area contributed by atoms with E-state index in [9.17, 15) is 18.0 Å². The van der Waals surface area contributed by atoms with Crippen molar-refractivity contribution in [2.45, 2.75) is 19.0 Å². The fourth-order valence-corrected chi connectivity index (χ4v) is 2.17. The van der Waals surface area contributed by atoms with E-state index in [0.717, 1.165) is 12.5 Å². The van der Waals surface area contributed by atoms with Crippen molar-refractivity contribution in [2.75, 3.05) is 25.7 Å². The van der Waals surface area contributed by atoms with Crippen molar-refractivity contribution in [3.63, 3.8) is 0 Å². The largest absolute Gasteiger partial charge is 0.497 e. The average molecular weight is 318 g/mol. The van der Waals surface area contributed by atoms with E-state index in [0.29, 0.717) is 13.0 Å². The van der Waals surface area contributed by atoms with Gasteiger partial charge in [0.05, 0.1) is 30.9 Å². The van der Waals surface area contributed by atoms with Crippen LogP contribution in [0.5, 0.6) is 5.75 Å². The molecule has 0 aliphatic carbocycles. The van der Waals surface area contributed by atoms with Gasteiger partial charge in [-0.25, -0.2) is 0 Å². The van der Waals surface area contributed by atoms with E-state index in [1.165, 1.54) is 19.2 Å². The van der Waals surface area contributed by atoms with Gasteiger partial charge >= 0.3 is 6.18 Å². The van der Waals surface area contributed by atoms with E-state index in [2.05, 4.69) is 10.9 Å². The van der Waals surface area contributed by atoms with Crippen molar-refractivity contribution >= 4 is 11.6 Å². The first-order valence-corrected chi connectivity index (χ1v) is 6.80. The van der Waals surface area contributed by atoms with Crippen LogP contribution < -0.4 is 15.6 Å². The first-order valence-electron chi connectivity index (χ1n) is 6.80. The molecule has 5 nitrogen and oxygen atoms in total. The molecule has 1 saturated heterocycles. The van der Waals surface area contributed by atoms with Gasteiger partial charge in [0.15, 0.2) is 0 Å². The topological polar surface area (TPSA) is 59.6 Å². The molecule has 8 heteroatoms. The van der Waals surface area contributed by atoms with Crippen molar-refractivity contribution in [1.82, 2.24) is 5.43 Å². The zero-order chi connectivity index (χ0) is 16.2. The second-order valence-corrected chi connectivity index (χ2v) is 4.94. The number of methoxy groups -OCH3 is 1. The summed E-state index contributed by atoms with van der Waals surface area (Å²) in [6.07, 6.45) is -3.15. The average Bonchev–Trinajstić information content (AvgIpc) is 2.52.